The van der Waals surface area contributed by atoms with Crippen molar-refractivity contribution in [3.63, 3.8) is 0 Å². The van der Waals surface area contributed by atoms with Gasteiger partial charge in [0.15, 0.2) is 0 Å². The van der Waals surface area contributed by atoms with Crippen LogP contribution in [0, 0.1) is 6.92 Å². The van der Waals surface area contributed by atoms with Crippen molar-refractivity contribution in [2.75, 3.05) is 11.4 Å². The van der Waals surface area contributed by atoms with E-state index in [9.17, 15) is 9.59 Å². The smallest absolute Gasteiger partial charge is 0.283 e. The molecule has 2 amide bonds. The van der Waals surface area contributed by atoms with Crippen molar-refractivity contribution in [2.24, 2.45) is 0 Å². The summed E-state index contributed by atoms with van der Waals surface area (Å²) < 4.78 is 0. The summed E-state index contributed by atoms with van der Waals surface area (Å²) in [6.07, 6.45) is 3.18. The first kappa shape index (κ1) is 15.1. The maximum absolute atomic E-state index is 12.8. The van der Waals surface area contributed by atoms with E-state index in [-0.39, 0.29) is 17.0 Å². The molecule has 1 unspecified atom stereocenters. The molecular weight excluding hydrogens is 300 g/mol. The second-order valence-electron chi connectivity index (χ2n) is 5.98. The average Bonchev–Trinajstić information content (AvgIpc) is 2.72. The molecule has 1 atom stereocenters. The van der Waals surface area contributed by atoms with Gasteiger partial charge in [0.2, 0.25) is 0 Å². The number of likely N-dealkylation sites (tertiary alicyclic amines) is 1. The normalized spacial score (nSPS) is 22.8. The molecule has 1 aromatic carbocycles. The van der Waals surface area contributed by atoms with E-state index in [1.807, 2.05) is 24.0 Å². The standard InChI is InChI=1S/C17H19ClN2O2/c1-11-6-8-13(9-7-11)20-16(21)14(18)15(17(20)22)19-10-4-3-5-12(19)2/h6-9,12H,3-5,10H2,1-2H3. The highest BCUT2D eigenvalue weighted by Crippen LogP contribution is 2.34. The van der Waals surface area contributed by atoms with E-state index in [1.54, 1.807) is 12.1 Å². The van der Waals surface area contributed by atoms with Crippen LogP contribution < -0.4 is 4.90 Å². The van der Waals surface area contributed by atoms with Gasteiger partial charge in [-0.2, -0.15) is 0 Å². The maximum Gasteiger partial charge on any atom is 0.283 e. The molecule has 1 fully saturated rings. The fourth-order valence-corrected chi connectivity index (χ4v) is 3.37. The van der Waals surface area contributed by atoms with Crippen LogP contribution in [0.1, 0.15) is 31.7 Å². The molecule has 0 spiro atoms. The summed E-state index contributed by atoms with van der Waals surface area (Å²) >= 11 is 6.22. The number of amides is 2. The molecule has 0 N–H and O–H groups in total. The van der Waals surface area contributed by atoms with Crippen molar-refractivity contribution < 1.29 is 9.59 Å². The van der Waals surface area contributed by atoms with Gasteiger partial charge in [-0.1, -0.05) is 29.3 Å². The van der Waals surface area contributed by atoms with Crippen LogP contribution in [0.25, 0.3) is 0 Å². The molecule has 0 aromatic heterocycles. The van der Waals surface area contributed by atoms with Crippen molar-refractivity contribution in [2.45, 2.75) is 39.2 Å². The third-order valence-corrected chi connectivity index (χ3v) is 4.73. The lowest BCUT2D eigenvalue weighted by Crippen LogP contribution is -2.41. The SMILES string of the molecule is Cc1ccc(N2C(=O)C(Cl)=C(N3CCCCC3C)C2=O)cc1. The molecule has 22 heavy (non-hydrogen) atoms. The fourth-order valence-electron chi connectivity index (χ4n) is 3.10. The Morgan fingerprint density at radius 3 is 2.41 bits per heavy atom. The summed E-state index contributed by atoms with van der Waals surface area (Å²) in [5, 5.41) is 0.0410. The van der Waals surface area contributed by atoms with Crippen LogP contribution in [0.15, 0.2) is 35.0 Å². The van der Waals surface area contributed by atoms with Crippen LogP contribution in [-0.2, 0) is 9.59 Å². The van der Waals surface area contributed by atoms with Crippen molar-refractivity contribution >= 4 is 29.1 Å². The van der Waals surface area contributed by atoms with E-state index in [0.717, 1.165) is 31.4 Å². The first-order chi connectivity index (χ1) is 10.5. The van der Waals surface area contributed by atoms with Gasteiger partial charge in [-0.15, -0.1) is 0 Å². The number of carbonyl (C=O) groups is 2. The first-order valence-electron chi connectivity index (χ1n) is 7.62. The van der Waals surface area contributed by atoms with Gasteiger partial charge < -0.3 is 4.90 Å². The monoisotopic (exact) mass is 318 g/mol. The summed E-state index contributed by atoms with van der Waals surface area (Å²) in [6.45, 7) is 4.81. The Morgan fingerprint density at radius 2 is 1.77 bits per heavy atom. The minimum absolute atomic E-state index is 0.0410. The number of rotatable bonds is 2. The second-order valence-corrected chi connectivity index (χ2v) is 6.36. The Hall–Kier alpha value is -1.81. The van der Waals surface area contributed by atoms with E-state index >= 15 is 0 Å². The number of imide groups is 1. The second kappa shape index (κ2) is 5.76. The minimum Gasteiger partial charge on any atom is -0.363 e. The van der Waals surface area contributed by atoms with E-state index in [2.05, 4.69) is 6.92 Å². The number of benzene rings is 1. The molecule has 0 radical (unpaired) electrons. The molecule has 116 valence electrons. The lowest BCUT2D eigenvalue weighted by molar-refractivity contribution is -0.121. The van der Waals surface area contributed by atoms with Gasteiger partial charge in [-0.3, -0.25) is 9.59 Å². The molecule has 0 saturated carbocycles. The van der Waals surface area contributed by atoms with Crippen LogP contribution in [-0.4, -0.2) is 29.3 Å². The predicted molar refractivity (Wildman–Crippen MR) is 86.6 cm³/mol. The Bertz CT molecular complexity index is 651. The molecule has 3 rings (SSSR count). The third-order valence-electron chi connectivity index (χ3n) is 4.39. The summed E-state index contributed by atoms with van der Waals surface area (Å²) in [5.74, 6) is -0.740. The van der Waals surface area contributed by atoms with Crippen LogP contribution in [0.4, 0.5) is 5.69 Å². The quantitative estimate of drug-likeness (QED) is 0.786. The molecule has 2 heterocycles. The van der Waals surface area contributed by atoms with Gasteiger partial charge in [0.05, 0.1) is 5.69 Å². The van der Waals surface area contributed by atoms with Gasteiger partial charge >= 0.3 is 0 Å². The Morgan fingerprint density at radius 1 is 1.09 bits per heavy atom. The molecular formula is C17H19ClN2O2. The number of hydrogen-bond donors (Lipinski definition) is 0. The van der Waals surface area contributed by atoms with Gasteiger partial charge in [0.1, 0.15) is 10.7 Å². The minimum atomic E-state index is -0.428. The molecule has 2 aliphatic rings. The topological polar surface area (TPSA) is 40.6 Å². The highest BCUT2D eigenvalue weighted by atomic mass is 35.5. The van der Waals surface area contributed by atoms with Gasteiger partial charge in [0.25, 0.3) is 11.8 Å². The average molecular weight is 319 g/mol. The van der Waals surface area contributed by atoms with E-state index in [1.165, 1.54) is 4.90 Å². The summed E-state index contributed by atoms with van der Waals surface area (Å²) in [7, 11) is 0. The number of carbonyl (C=O) groups excluding carboxylic acids is 2. The highest BCUT2D eigenvalue weighted by Gasteiger charge is 2.42. The summed E-state index contributed by atoms with van der Waals surface area (Å²) in [5.41, 5.74) is 2.00. The number of anilines is 1. The third kappa shape index (κ3) is 2.41. The largest absolute Gasteiger partial charge is 0.363 e. The zero-order valence-corrected chi connectivity index (χ0v) is 13.6. The molecule has 0 bridgehead atoms. The number of nitrogens with zero attached hydrogens (tertiary/aromatic N) is 2. The Kier molecular flexibility index (Phi) is 3.96. The summed E-state index contributed by atoms with van der Waals surface area (Å²) in [4.78, 5) is 28.4. The molecule has 1 saturated heterocycles. The molecule has 4 nitrogen and oxygen atoms in total. The van der Waals surface area contributed by atoms with Crippen molar-refractivity contribution in [3.05, 3.63) is 40.6 Å². The molecule has 5 heteroatoms. The van der Waals surface area contributed by atoms with Crippen LogP contribution in [0.5, 0.6) is 0 Å². The first-order valence-corrected chi connectivity index (χ1v) is 8.00. The van der Waals surface area contributed by atoms with Gasteiger partial charge in [-0.05, 0) is 45.2 Å². The number of aryl methyl sites for hydroxylation is 1. The van der Waals surface area contributed by atoms with Crippen molar-refractivity contribution in [3.8, 4) is 0 Å². The zero-order valence-electron chi connectivity index (χ0n) is 12.8. The summed E-state index contributed by atoms with van der Waals surface area (Å²) in [6, 6.07) is 7.54. The number of halogens is 1. The van der Waals surface area contributed by atoms with Crippen molar-refractivity contribution in [1.29, 1.82) is 0 Å². The lowest BCUT2D eigenvalue weighted by Gasteiger charge is -2.35. The lowest BCUT2D eigenvalue weighted by atomic mass is 10.0. The molecule has 0 aliphatic carbocycles. The predicted octanol–water partition coefficient (Wildman–Crippen LogP) is 3.19. The highest BCUT2D eigenvalue weighted by molar-refractivity contribution is 6.52. The van der Waals surface area contributed by atoms with Crippen LogP contribution in [0.2, 0.25) is 0 Å². The Labute approximate surface area is 135 Å². The van der Waals surface area contributed by atoms with Crippen molar-refractivity contribution in [1.82, 2.24) is 4.90 Å². The van der Waals surface area contributed by atoms with Gasteiger partial charge in [0, 0.05) is 12.6 Å². The molecule has 2 aliphatic heterocycles. The van der Waals surface area contributed by atoms with E-state index in [4.69, 9.17) is 11.6 Å². The van der Waals surface area contributed by atoms with Crippen LogP contribution >= 0.6 is 11.6 Å². The fraction of sp³-hybridized carbons (Fsp3) is 0.412. The molecule has 1 aromatic rings. The Balaban J connectivity index is 1.94. The van der Waals surface area contributed by atoms with Gasteiger partial charge in [-0.25, -0.2) is 4.90 Å². The van der Waals surface area contributed by atoms with E-state index < -0.39 is 5.91 Å². The number of hydrogen-bond acceptors (Lipinski definition) is 3. The van der Waals surface area contributed by atoms with Crippen LogP contribution in [0.3, 0.4) is 0 Å². The van der Waals surface area contributed by atoms with E-state index in [0.29, 0.717) is 11.4 Å². The maximum atomic E-state index is 12.8. The zero-order chi connectivity index (χ0) is 15.9. The number of piperidine rings is 1.